The largest absolute Gasteiger partial charge is 0.497 e. The molecule has 2 amide bonds. The minimum absolute atomic E-state index is 0.00517. The van der Waals surface area contributed by atoms with E-state index in [0.717, 1.165) is 5.39 Å². The second-order valence-electron chi connectivity index (χ2n) is 9.07. The highest BCUT2D eigenvalue weighted by Crippen LogP contribution is 2.31. The van der Waals surface area contributed by atoms with Crippen LogP contribution in [-0.4, -0.2) is 41.0 Å². The Morgan fingerprint density at radius 3 is 2.32 bits per heavy atom. The molecule has 0 aliphatic carbocycles. The molecule has 180 valence electrons. The van der Waals surface area contributed by atoms with Gasteiger partial charge in [-0.25, -0.2) is 0 Å². The highest BCUT2D eigenvalue weighted by atomic mass is 35.5. The molecule has 7 nitrogen and oxygen atoms in total. The summed E-state index contributed by atoms with van der Waals surface area (Å²) >= 11 is 5.98. The third kappa shape index (κ3) is 5.25. The first-order valence-electron chi connectivity index (χ1n) is 11.0. The number of nitrogens with zero attached hydrogens (tertiary/aromatic N) is 1. The summed E-state index contributed by atoms with van der Waals surface area (Å²) in [7, 11) is 1.56. The summed E-state index contributed by atoms with van der Waals surface area (Å²) in [5, 5.41) is 6.91. The molecule has 34 heavy (non-hydrogen) atoms. The predicted octanol–water partition coefficient (Wildman–Crippen LogP) is 4.26. The van der Waals surface area contributed by atoms with Gasteiger partial charge in [0, 0.05) is 27.7 Å². The number of amides is 2. The van der Waals surface area contributed by atoms with Crippen molar-refractivity contribution in [2.75, 3.05) is 7.11 Å². The summed E-state index contributed by atoms with van der Waals surface area (Å²) in [4.78, 5) is 38.9. The van der Waals surface area contributed by atoms with Crippen LogP contribution in [0.25, 0.3) is 10.9 Å². The molecule has 2 N–H and O–H groups in total. The standard InChI is InChI=1S/C26H30ClN3O4/c1-15(2)28-25(33)26(4,5)29-23(31)14-20-16(3)30(22-12-11-19(34-6)13-21(20)22)24(32)17-7-9-18(27)10-8-17/h7-13,15H,14H2,1-6H3,(H,28,33)(H,29,31). The van der Waals surface area contributed by atoms with E-state index in [9.17, 15) is 14.4 Å². The zero-order valence-electron chi connectivity index (χ0n) is 20.3. The second kappa shape index (κ2) is 9.89. The van der Waals surface area contributed by atoms with Crippen molar-refractivity contribution in [3.05, 3.63) is 64.3 Å². The van der Waals surface area contributed by atoms with Crippen LogP contribution >= 0.6 is 11.6 Å². The first kappa shape index (κ1) is 25.3. The van der Waals surface area contributed by atoms with Crippen LogP contribution in [0.1, 0.15) is 49.3 Å². The number of aromatic nitrogens is 1. The van der Waals surface area contributed by atoms with Crippen LogP contribution in [-0.2, 0) is 16.0 Å². The number of nitrogens with one attached hydrogen (secondary N) is 2. The zero-order valence-corrected chi connectivity index (χ0v) is 21.0. The van der Waals surface area contributed by atoms with E-state index in [0.29, 0.717) is 33.1 Å². The molecule has 0 saturated carbocycles. The highest BCUT2D eigenvalue weighted by molar-refractivity contribution is 6.30. The lowest BCUT2D eigenvalue weighted by Gasteiger charge is -2.26. The van der Waals surface area contributed by atoms with Crippen LogP contribution in [0.15, 0.2) is 42.5 Å². The van der Waals surface area contributed by atoms with Crippen molar-refractivity contribution in [2.45, 2.75) is 52.6 Å². The van der Waals surface area contributed by atoms with Gasteiger partial charge in [-0.15, -0.1) is 0 Å². The Hall–Kier alpha value is -3.32. The molecule has 0 unspecified atom stereocenters. The number of hydrogen-bond acceptors (Lipinski definition) is 4. The molecule has 0 bridgehead atoms. The normalized spacial score (nSPS) is 11.5. The minimum Gasteiger partial charge on any atom is -0.497 e. The maximum Gasteiger partial charge on any atom is 0.262 e. The van der Waals surface area contributed by atoms with Gasteiger partial charge in [0.15, 0.2) is 0 Å². The number of ether oxygens (including phenoxy) is 1. The smallest absolute Gasteiger partial charge is 0.262 e. The van der Waals surface area contributed by atoms with E-state index < -0.39 is 5.54 Å². The van der Waals surface area contributed by atoms with Gasteiger partial charge in [0.25, 0.3) is 5.91 Å². The van der Waals surface area contributed by atoms with Crippen molar-refractivity contribution < 1.29 is 19.1 Å². The van der Waals surface area contributed by atoms with E-state index >= 15 is 0 Å². The van der Waals surface area contributed by atoms with Gasteiger partial charge in [-0.2, -0.15) is 0 Å². The second-order valence-corrected chi connectivity index (χ2v) is 9.51. The third-order valence-electron chi connectivity index (χ3n) is 5.61. The van der Waals surface area contributed by atoms with Crippen LogP contribution in [0.5, 0.6) is 5.75 Å². The quantitative estimate of drug-likeness (QED) is 0.525. The van der Waals surface area contributed by atoms with Gasteiger partial charge in [-0.05, 0) is 82.6 Å². The summed E-state index contributed by atoms with van der Waals surface area (Å²) in [6.45, 7) is 8.84. The maximum absolute atomic E-state index is 13.4. The van der Waals surface area contributed by atoms with Crippen molar-refractivity contribution in [1.29, 1.82) is 0 Å². The number of hydrogen-bond donors (Lipinski definition) is 2. The molecule has 0 atom stereocenters. The van der Waals surface area contributed by atoms with E-state index in [-0.39, 0.29) is 30.2 Å². The Labute approximate surface area is 204 Å². The van der Waals surface area contributed by atoms with Crippen molar-refractivity contribution in [3.63, 3.8) is 0 Å². The molecule has 1 aromatic heterocycles. The lowest BCUT2D eigenvalue weighted by molar-refractivity contribution is -0.132. The topological polar surface area (TPSA) is 89.4 Å². The fourth-order valence-electron chi connectivity index (χ4n) is 3.85. The van der Waals surface area contributed by atoms with Crippen LogP contribution in [0.4, 0.5) is 0 Å². The summed E-state index contributed by atoms with van der Waals surface area (Å²) < 4.78 is 6.97. The first-order valence-corrected chi connectivity index (χ1v) is 11.4. The molecule has 1 heterocycles. The van der Waals surface area contributed by atoms with Crippen LogP contribution in [0.3, 0.4) is 0 Å². The molecule has 3 aromatic rings. The number of halogens is 1. The molecule has 8 heteroatoms. The van der Waals surface area contributed by atoms with Crippen molar-refractivity contribution in [1.82, 2.24) is 15.2 Å². The monoisotopic (exact) mass is 483 g/mol. The summed E-state index contributed by atoms with van der Waals surface area (Å²) in [5.41, 5.74) is 1.38. The van der Waals surface area contributed by atoms with Gasteiger partial charge in [-0.1, -0.05) is 11.6 Å². The molecule has 0 spiro atoms. The first-order chi connectivity index (χ1) is 15.9. The maximum atomic E-state index is 13.4. The van der Waals surface area contributed by atoms with E-state index in [2.05, 4.69) is 10.6 Å². The van der Waals surface area contributed by atoms with Crippen molar-refractivity contribution in [2.24, 2.45) is 0 Å². The van der Waals surface area contributed by atoms with Gasteiger partial charge in [0.2, 0.25) is 11.8 Å². The van der Waals surface area contributed by atoms with Crippen molar-refractivity contribution in [3.8, 4) is 5.75 Å². The number of fused-ring (bicyclic) bond motifs is 1. The summed E-state index contributed by atoms with van der Waals surface area (Å²) in [6.07, 6.45) is -0.00517. The molecular weight excluding hydrogens is 454 g/mol. The number of methoxy groups -OCH3 is 1. The Morgan fingerprint density at radius 2 is 1.74 bits per heavy atom. The lowest BCUT2D eigenvalue weighted by Crippen LogP contribution is -2.56. The van der Waals surface area contributed by atoms with E-state index in [4.69, 9.17) is 16.3 Å². The van der Waals surface area contributed by atoms with Gasteiger partial charge in [-0.3, -0.25) is 19.0 Å². The number of carbonyl (C=O) groups excluding carboxylic acids is 3. The Balaban J connectivity index is 2.01. The molecule has 2 aromatic carbocycles. The Bertz CT molecular complexity index is 1240. The lowest BCUT2D eigenvalue weighted by atomic mass is 10.0. The molecule has 0 radical (unpaired) electrons. The summed E-state index contributed by atoms with van der Waals surface area (Å²) in [6, 6.07) is 12.0. The summed E-state index contributed by atoms with van der Waals surface area (Å²) in [5.74, 6) is -0.211. The van der Waals surface area contributed by atoms with Crippen LogP contribution < -0.4 is 15.4 Å². The molecule has 3 rings (SSSR count). The fourth-order valence-corrected chi connectivity index (χ4v) is 3.97. The molecular formula is C26H30ClN3O4. The van der Waals surface area contributed by atoms with Gasteiger partial charge in [0.05, 0.1) is 19.0 Å². The van der Waals surface area contributed by atoms with Gasteiger partial charge >= 0.3 is 0 Å². The third-order valence-corrected chi connectivity index (χ3v) is 5.86. The van der Waals surface area contributed by atoms with Gasteiger partial charge < -0.3 is 15.4 Å². The molecule has 0 saturated heterocycles. The average molecular weight is 484 g/mol. The zero-order chi connectivity index (χ0) is 25.2. The minimum atomic E-state index is -1.09. The average Bonchev–Trinajstić information content (AvgIpc) is 3.03. The molecule has 0 aliphatic rings. The fraction of sp³-hybridized carbons (Fsp3) is 0.346. The molecule has 0 fully saturated rings. The van der Waals surface area contributed by atoms with Crippen LogP contribution in [0, 0.1) is 6.92 Å². The van der Waals surface area contributed by atoms with Crippen molar-refractivity contribution >= 4 is 40.2 Å². The van der Waals surface area contributed by atoms with E-state index in [1.54, 1.807) is 68.8 Å². The number of benzene rings is 2. The highest BCUT2D eigenvalue weighted by Gasteiger charge is 2.30. The Morgan fingerprint density at radius 1 is 1.09 bits per heavy atom. The number of rotatable bonds is 7. The van der Waals surface area contributed by atoms with Gasteiger partial charge in [0.1, 0.15) is 11.3 Å². The Kier molecular flexibility index (Phi) is 7.36. The van der Waals surface area contributed by atoms with Crippen LogP contribution in [0.2, 0.25) is 5.02 Å². The van der Waals surface area contributed by atoms with E-state index in [1.165, 1.54) is 0 Å². The predicted molar refractivity (Wildman–Crippen MR) is 134 cm³/mol. The SMILES string of the molecule is COc1ccc2c(c1)c(CC(=O)NC(C)(C)C(=O)NC(C)C)c(C)n2C(=O)c1ccc(Cl)cc1. The van der Waals surface area contributed by atoms with E-state index in [1.807, 2.05) is 19.9 Å². The molecule has 0 aliphatic heterocycles. The number of carbonyl (C=O) groups is 3.